The Kier molecular flexibility index (Phi) is 6.18. The van der Waals surface area contributed by atoms with Crippen molar-refractivity contribution in [3.05, 3.63) is 30.1 Å². The number of rotatable bonds is 6. The topological polar surface area (TPSA) is 45.2 Å². The van der Waals surface area contributed by atoms with Gasteiger partial charge in [-0.05, 0) is 43.4 Å². The second-order valence-corrected chi connectivity index (χ2v) is 6.16. The Morgan fingerprint density at radius 1 is 1.33 bits per heavy atom. The summed E-state index contributed by atoms with van der Waals surface area (Å²) in [5.74, 6) is 0.881. The monoisotopic (exact) mass is 289 g/mol. The predicted molar refractivity (Wildman–Crippen MR) is 84.9 cm³/mol. The minimum absolute atomic E-state index is 0.167. The first-order chi connectivity index (χ1) is 10.2. The van der Waals surface area contributed by atoms with Crippen molar-refractivity contribution in [1.82, 2.24) is 15.2 Å². The summed E-state index contributed by atoms with van der Waals surface area (Å²) in [5, 5.41) is 3.30. The van der Waals surface area contributed by atoms with Gasteiger partial charge in [0.15, 0.2) is 0 Å². The summed E-state index contributed by atoms with van der Waals surface area (Å²) in [6, 6.07) is 4.13. The van der Waals surface area contributed by atoms with Gasteiger partial charge in [-0.3, -0.25) is 9.78 Å². The number of carbonyl (C=O) groups is 1. The molecule has 1 saturated carbocycles. The fourth-order valence-corrected chi connectivity index (χ4v) is 3.00. The highest BCUT2D eigenvalue weighted by Crippen LogP contribution is 2.24. The van der Waals surface area contributed by atoms with E-state index in [9.17, 15) is 4.79 Å². The van der Waals surface area contributed by atoms with Crippen LogP contribution in [0.1, 0.15) is 50.6 Å². The maximum atomic E-state index is 12.2. The third kappa shape index (κ3) is 5.12. The van der Waals surface area contributed by atoms with Crippen molar-refractivity contribution >= 4 is 5.91 Å². The molecule has 21 heavy (non-hydrogen) atoms. The highest BCUT2D eigenvalue weighted by molar-refractivity contribution is 5.78. The molecule has 1 aromatic rings. The summed E-state index contributed by atoms with van der Waals surface area (Å²) in [7, 11) is 1.93. The lowest BCUT2D eigenvalue weighted by Gasteiger charge is -2.27. The van der Waals surface area contributed by atoms with E-state index in [0.717, 1.165) is 12.1 Å². The van der Waals surface area contributed by atoms with Crippen LogP contribution in [0.2, 0.25) is 0 Å². The van der Waals surface area contributed by atoms with Crippen LogP contribution in [0.4, 0.5) is 0 Å². The number of nitrogens with zero attached hydrogens (tertiary/aromatic N) is 2. The van der Waals surface area contributed by atoms with Gasteiger partial charge in [0.05, 0.1) is 6.54 Å². The van der Waals surface area contributed by atoms with Crippen LogP contribution >= 0.6 is 0 Å². The Hall–Kier alpha value is -1.42. The summed E-state index contributed by atoms with van der Waals surface area (Å²) < 4.78 is 0. The highest BCUT2D eigenvalue weighted by Gasteiger charge is 2.18. The highest BCUT2D eigenvalue weighted by atomic mass is 16.2. The van der Waals surface area contributed by atoms with E-state index < -0.39 is 0 Å². The van der Waals surface area contributed by atoms with Crippen molar-refractivity contribution in [2.24, 2.45) is 5.92 Å². The first-order valence-corrected chi connectivity index (χ1v) is 8.04. The lowest BCUT2D eigenvalue weighted by atomic mass is 9.89. The van der Waals surface area contributed by atoms with Gasteiger partial charge < -0.3 is 10.2 Å². The van der Waals surface area contributed by atoms with Gasteiger partial charge in [0.1, 0.15) is 0 Å². The number of hydrogen-bond donors (Lipinski definition) is 1. The van der Waals surface area contributed by atoms with Crippen molar-refractivity contribution in [2.75, 3.05) is 20.1 Å². The average molecular weight is 289 g/mol. The van der Waals surface area contributed by atoms with E-state index in [2.05, 4.69) is 17.2 Å². The van der Waals surface area contributed by atoms with Gasteiger partial charge >= 0.3 is 0 Å². The van der Waals surface area contributed by atoms with Gasteiger partial charge in [-0.25, -0.2) is 0 Å². The van der Waals surface area contributed by atoms with E-state index in [1.54, 1.807) is 12.4 Å². The lowest BCUT2D eigenvalue weighted by molar-refractivity contribution is -0.129. The zero-order valence-electron chi connectivity index (χ0n) is 13.2. The Bertz CT molecular complexity index is 429. The minimum Gasteiger partial charge on any atom is -0.344 e. The third-order valence-corrected chi connectivity index (χ3v) is 4.45. The molecule has 4 heteroatoms. The molecule has 116 valence electrons. The SMILES string of the molecule is C[C@H](NCC(=O)N(C)CC1CCCCC1)c1ccncc1. The predicted octanol–water partition coefficient (Wildman–Crippen LogP) is 2.77. The van der Waals surface area contributed by atoms with Gasteiger partial charge in [0.2, 0.25) is 5.91 Å². The van der Waals surface area contributed by atoms with Crippen LogP contribution < -0.4 is 5.32 Å². The fraction of sp³-hybridized carbons (Fsp3) is 0.647. The molecule has 0 saturated heterocycles. The quantitative estimate of drug-likeness (QED) is 0.876. The second-order valence-electron chi connectivity index (χ2n) is 6.16. The van der Waals surface area contributed by atoms with Gasteiger partial charge in [-0.1, -0.05) is 19.3 Å². The Morgan fingerprint density at radius 3 is 2.67 bits per heavy atom. The molecule has 0 aliphatic heterocycles. The van der Waals surface area contributed by atoms with Crippen LogP contribution in [0, 0.1) is 5.92 Å². The molecule has 1 aliphatic rings. The maximum absolute atomic E-state index is 12.2. The van der Waals surface area contributed by atoms with Crippen LogP contribution in [0.3, 0.4) is 0 Å². The lowest BCUT2D eigenvalue weighted by Crippen LogP contribution is -2.39. The van der Waals surface area contributed by atoms with E-state index >= 15 is 0 Å². The molecule has 1 amide bonds. The number of likely N-dealkylation sites (N-methyl/N-ethyl adjacent to an activating group) is 1. The smallest absolute Gasteiger partial charge is 0.236 e. The number of nitrogens with one attached hydrogen (secondary N) is 1. The molecule has 0 aromatic carbocycles. The third-order valence-electron chi connectivity index (χ3n) is 4.45. The Balaban J connectivity index is 1.73. The summed E-state index contributed by atoms with van der Waals surface area (Å²) in [6.07, 6.45) is 10.1. The van der Waals surface area contributed by atoms with Crippen molar-refractivity contribution in [1.29, 1.82) is 0 Å². The normalized spacial score (nSPS) is 17.4. The summed E-state index contributed by atoms with van der Waals surface area (Å²) in [6.45, 7) is 3.38. The summed E-state index contributed by atoms with van der Waals surface area (Å²) in [4.78, 5) is 18.1. The number of hydrogen-bond acceptors (Lipinski definition) is 3. The first-order valence-electron chi connectivity index (χ1n) is 8.04. The van der Waals surface area contributed by atoms with Gasteiger partial charge in [0, 0.05) is 32.0 Å². The molecule has 1 aliphatic carbocycles. The molecule has 2 rings (SSSR count). The molecule has 1 aromatic heterocycles. The van der Waals surface area contributed by atoms with Crippen molar-refractivity contribution < 1.29 is 4.79 Å². The van der Waals surface area contributed by atoms with Gasteiger partial charge in [0.25, 0.3) is 0 Å². The summed E-state index contributed by atoms with van der Waals surface area (Å²) in [5.41, 5.74) is 1.16. The number of carbonyl (C=O) groups excluding carboxylic acids is 1. The largest absolute Gasteiger partial charge is 0.344 e. The van der Waals surface area contributed by atoms with Crippen LogP contribution in [0.25, 0.3) is 0 Å². The molecule has 1 fully saturated rings. The van der Waals surface area contributed by atoms with Crippen LogP contribution in [-0.4, -0.2) is 35.9 Å². The summed E-state index contributed by atoms with van der Waals surface area (Å²) >= 11 is 0. The molecule has 0 unspecified atom stereocenters. The molecule has 0 radical (unpaired) electrons. The molecule has 1 N–H and O–H groups in total. The van der Waals surface area contributed by atoms with Crippen LogP contribution in [0.15, 0.2) is 24.5 Å². The Morgan fingerprint density at radius 2 is 2.00 bits per heavy atom. The van der Waals surface area contributed by atoms with E-state index in [4.69, 9.17) is 0 Å². The van der Waals surface area contributed by atoms with Crippen molar-refractivity contribution in [3.63, 3.8) is 0 Å². The first kappa shape index (κ1) is 16.0. The number of amides is 1. The zero-order valence-corrected chi connectivity index (χ0v) is 13.2. The Labute approximate surface area is 127 Å². The molecular weight excluding hydrogens is 262 g/mol. The van der Waals surface area contributed by atoms with Crippen LogP contribution in [-0.2, 0) is 4.79 Å². The average Bonchev–Trinajstić information content (AvgIpc) is 2.54. The maximum Gasteiger partial charge on any atom is 0.236 e. The van der Waals surface area contributed by atoms with Crippen LogP contribution in [0.5, 0.6) is 0 Å². The zero-order chi connectivity index (χ0) is 15.1. The van der Waals surface area contributed by atoms with E-state index in [-0.39, 0.29) is 11.9 Å². The molecule has 1 atom stereocenters. The van der Waals surface area contributed by atoms with Crippen molar-refractivity contribution in [3.8, 4) is 0 Å². The molecular formula is C17H27N3O. The molecule has 1 heterocycles. The fourth-order valence-electron chi connectivity index (χ4n) is 3.00. The number of pyridine rings is 1. The minimum atomic E-state index is 0.167. The molecule has 4 nitrogen and oxygen atoms in total. The number of aromatic nitrogens is 1. The standard InChI is InChI=1S/C17H27N3O/c1-14(16-8-10-18-11-9-16)19-12-17(21)20(2)13-15-6-4-3-5-7-15/h8-11,14-15,19H,3-7,12-13H2,1-2H3/t14-/m0/s1. The molecule has 0 bridgehead atoms. The second kappa shape index (κ2) is 8.13. The van der Waals surface area contributed by atoms with E-state index in [1.807, 2.05) is 24.1 Å². The van der Waals surface area contributed by atoms with Crippen molar-refractivity contribution in [2.45, 2.75) is 45.1 Å². The molecule has 0 spiro atoms. The van der Waals surface area contributed by atoms with Gasteiger partial charge in [-0.2, -0.15) is 0 Å². The van der Waals surface area contributed by atoms with E-state index in [0.29, 0.717) is 12.5 Å². The van der Waals surface area contributed by atoms with Gasteiger partial charge in [-0.15, -0.1) is 0 Å². The van der Waals surface area contributed by atoms with E-state index in [1.165, 1.54) is 32.1 Å².